The molecule has 0 saturated carbocycles. The van der Waals surface area contributed by atoms with Crippen LogP contribution in [0, 0.1) is 0 Å². The summed E-state index contributed by atoms with van der Waals surface area (Å²) < 4.78 is 0. The summed E-state index contributed by atoms with van der Waals surface area (Å²) in [5, 5.41) is 3.27. The minimum atomic E-state index is 0.633. The second kappa shape index (κ2) is 7.73. The summed E-state index contributed by atoms with van der Waals surface area (Å²) in [6.07, 6.45) is 8.91. The van der Waals surface area contributed by atoms with Gasteiger partial charge in [-0.2, -0.15) is 4.98 Å². The average molecular weight is 348 g/mol. The van der Waals surface area contributed by atoms with Gasteiger partial charge in [-0.3, -0.25) is 4.98 Å². The highest BCUT2D eigenvalue weighted by Gasteiger charge is 2.20. The van der Waals surface area contributed by atoms with E-state index in [9.17, 15) is 0 Å². The van der Waals surface area contributed by atoms with Gasteiger partial charge in [0.05, 0.1) is 0 Å². The largest absolute Gasteiger partial charge is 0.353 e. The van der Waals surface area contributed by atoms with E-state index in [0.29, 0.717) is 12.5 Å². The van der Waals surface area contributed by atoms with Crippen molar-refractivity contribution in [1.29, 1.82) is 0 Å². The fourth-order valence-corrected chi connectivity index (χ4v) is 2.88. The molecule has 132 valence electrons. The standard InChI is InChI=1S/C18H20N8/c1-5-21-18(22-6-1)26-12-10-25(11-13-26)16-4-9-20-17(24-16)23-14-15-2-7-19-8-3-15/h1-9H,10-14H2,(H,20,23,24). The molecule has 0 amide bonds. The van der Waals surface area contributed by atoms with E-state index >= 15 is 0 Å². The molecule has 0 aromatic carbocycles. The zero-order valence-electron chi connectivity index (χ0n) is 14.4. The molecule has 1 aliphatic heterocycles. The van der Waals surface area contributed by atoms with Crippen LogP contribution in [0.3, 0.4) is 0 Å². The van der Waals surface area contributed by atoms with Crippen LogP contribution in [0.4, 0.5) is 17.7 Å². The molecule has 0 radical (unpaired) electrons. The molecule has 0 atom stereocenters. The lowest BCUT2D eigenvalue weighted by molar-refractivity contribution is 0.634. The molecule has 0 aliphatic carbocycles. The van der Waals surface area contributed by atoms with Crippen LogP contribution in [0.25, 0.3) is 0 Å². The van der Waals surface area contributed by atoms with Crippen molar-refractivity contribution >= 4 is 17.7 Å². The monoisotopic (exact) mass is 348 g/mol. The Hall–Kier alpha value is -3.29. The first kappa shape index (κ1) is 16.2. The van der Waals surface area contributed by atoms with Gasteiger partial charge < -0.3 is 15.1 Å². The first-order valence-corrected chi connectivity index (χ1v) is 8.61. The first-order valence-electron chi connectivity index (χ1n) is 8.61. The van der Waals surface area contributed by atoms with Gasteiger partial charge in [-0.25, -0.2) is 15.0 Å². The summed E-state index contributed by atoms with van der Waals surface area (Å²) >= 11 is 0. The van der Waals surface area contributed by atoms with E-state index in [1.807, 2.05) is 24.3 Å². The summed E-state index contributed by atoms with van der Waals surface area (Å²) in [7, 11) is 0. The Kier molecular flexibility index (Phi) is 4.81. The van der Waals surface area contributed by atoms with Crippen molar-refractivity contribution in [2.75, 3.05) is 41.3 Å². The van der Waals surface area contributed by atoms with E-state index in [1.165, 1.54) is 0 Å². The molecule has 0 bridgehead atoms. The van der Waals surface area contributed by atoms with E-state index in [-0.39, 0.29) is 0 Å². The number of hydrogen-bond acceptors (Lipinski definition) is 8. The maximum Gasteiger partial charge on any atom is 0.225 e. The van der Waals surface area contributed by atoms with Crippen LogP contribution in [0.5, 0.6) is 0 Å². The lowest BCUT2D eigenvalue weighted by Crippen LogP contribution is -2.47. The van der Waals surface area contributed by atoms with Crippen LogP contribution < -0.4 is 15.1 Å². The Morgan fingerprint density at radius 2 is 1.54 bits per heavy atom. The third-order valence-corrected chi connectivity index (χ3v) is 4.28. The van der Waals surface area contributed by atoms with Gasteiger partial charge in [0, 0.05) is 63.7 Å². The molecule has 1 N–H and O–H groups in total. The van der Waals surface area contributed by atoms with Gasteiger partial charge in [0.1, 0.15) is 5.82 Å². The molecule has 26 heavy (non-hydrogen) atoms. The number of pyridine rings is 1. The Labute approximate surface area is 152 Å². The predicted octanol–water partition coefficient (Wildman–Crippen LogP) is 1.60. The smallest absolute Gasteiger partial charge is 0.225 e. The van der Waals surface area contributed by atoms with Crippen LogP contribution in [-0.4, -0.2) is 51.1 Å². The summed E-state index contributed by atoms with van der Waals surface area (Å²) in [4.78, 5) is 26.1. The number of aromatic nitrogens is 5. The van der Waals surface area contributed by atoms with Gasteiger partial charge in [-0.05, 0) is 29.8 Å². The first-order chi connectivity index (χ1) is 12.9. The molecule has 0 unspecified atom stereocenters. The molecule has 0 spiro atoms. The molecule has 1 saturated heterocycles. The van der Waals surface area contributed by atoms with E-state index in [4.69, 9.17) is 0 Å². The van der Waals surface area contributed by atoms with E-state index in [0.717, 1.165) is 43.5 Å². The second-order valence-electron chi connectivity index (χ2n) is 5.97. The summed E-state index contributed by atoms with van der Waals surface area (Å²) in [6, 6.07) is 7.73. The Balaban J connectivity index is 1.36. The highest BCUT2D eigenvalue weighted by molar-refractivity contribution is 5.45. The molecule has 1 fully saturated rings. The van der Waals surface area contributed by atoms with Crippen molar-refractivity contribution in [3.05, 3.63) is 60.8 Å². The fraction of sp³-hybridized carbons (Fsp3) is 0.278. The maximum absolute atomic E-state index is 4.65. The molecule has 1 aliphatic rings. The third-order valence-electron chi connectivity index (χ3n) is 4.28. The lowest BCUT2D eigenvalue weighted by atomic mass is 10.3. The average Bonchev–Trinajstić information content (AvgIpc) is 2.74. The number of hydrogen-bond donors (Lipinski definition) is 1. The van der Waals surface area contributed by atoms with E-state index in [2.05, 4.69) is 40.0 Å². The molecule has 4 rings (SSSR count). The Morgan fingerprint density at radius 1 is 0.808 bits per heavy atom. The van der Waals surface area contributed by atoms with E-state index < -0.39 is 0 Å². The van der Waals surface area contributed by atoms with Gasteiger partial charge >= 0.3 is 0 Å². The number of piperazine rings is 1. The zero-order valence-corrected chi connectivity index (χ0v) is 14.4. The number of rotatable bonds is 5. The van der Waals surface area contributed by atoms with Crippen LogP contribution in [0.1, 0.15) is 5.56 Å². The van der Waals surface area contributed by atoms with Crippen molar-refractivity contribution in [1.82, 2.24) is 24.9 Å². The predicted molar refractivity (Wildman–Crippen MR) is 100 cm³/mol. The van der Waals surface area contributed by atoms with Crippen molar-refractivity contribution in [3.8, 4) is 0 Å². The molecule has 4 heterocycles. The second-order valence-corrected chi connectivity index (χ2v) is 5.97. The topological polar surface area (TPSA) is 83.0 Å². The minimum absolute atomic E-state index is 0.633. The van der Waals surface area contributed by atoms with Gasteiger partial charge in [-0.1, -0.05) is 0 Å². The van der Waals surface area contributed by atoms with Gasteiger partial charge in [0.25, 0.3) is 0 Å². The van der Waals surface area contributed by atoms with Gasteiger partial charge in [-0.15, -0.1) is 0 Å². The van der Waals surface area contributed by atoms with Crippen LogP contribution >= 0.6 is 0 Å². The highest BCUT2D eigenvalue weighted by Crippen LogP contribution is 2.17. The number of anilines is 3. The van der Waals surface area contributed by atoms with Crippen LogP contribution in [-0.2, 0) is 6.54 Å². The highest BCUT2D eigenvalue weighted by atomic mass is 15.3. The normalized spacial score (nSPS) is 14.3. The SMILES string of the molecule is c1cnc(N2CCN(c3ccnc(NCc4ccncc4)n3)CC2)nc1. The van der Waals surface area contributed by atoms with Crippen LogP contribution in [0.2, 0.25) is 0 Å². The number of nitrogens with zero attached hydrogens (tertiary/aromatic N) is 7. The minimum Gasteiger partial charge on any atom is -0.353 e. The lowest BCUT2D eigenvalue weighted by Gasteiger charge is -2.35. The molecule has 3 aromatic heterocycles. The summed E-state index contributed by atoms with van der Waals surface area (Å²) in [5.74, 6) is 2.36. The Morgan fingerprint density at radius 3 is 2.31 bits per heavy atom. The fourth-order valence-electron chi connectivity index (χ4n) is 2.88. The van der Waals surface area contributed by atoms with Crippen molar-refractivity contribution < 1.29 is 0 Å². The van der Waals surface area contributed by atoms with E-state index in [1.54, 1.807) is 31.0 Å². The quantitative estimate of drug-likeness (QED) is 0.744. The van der Waals surface area contributed by atoms with Gasteiger partial charge in [0.2, 0.25) is 11.9 Å². The van der Waals surface area contributed by atoms with Crippen molar-refractivity contribution in [2.45, 2.75) is 6.54 Å². The van der Waals surface area contributed by atoms with Gasteiger partial charge in [0.15, 0.2) is 0 Å². The molecule has 8 heteroatoms. The third kappa shape index (κ3) is 3.85. The molecule has 3 aromatic rings. The zero-order chi connectivity index (χ0) is 17.6. The van der Waals surface area contributed by atoms with Crippen LogP contribution in [0.15, 0.2) is 55.2 Å². The summed E-state index contributed by atoms with van der Waals surface area (Å²) in [5.41, 5.74) is 1.14. The summed E-state index contributed by atoms with van der Waals surface area (Å²) in [6.45, 7) is 4.16. The Bertz CT molecular complexity index is 819. The number of nitrogens with one attached hydrogen (secondary N) is 1. The molecular weight excluding hydrogens is 328 g/mol. The van der Waals surface area contributed by atoms with Crippen molar-refractivity contribution in [2.24, 2.45) is 0 Å². The maximum atomic E-state index is 4.65. The van der Waals surface area contributed by atoms with Crippen molar-refractivity contribution in [3.63, 3.8) is 0 Å². The molecular formula is C18H20N8. The molecule has 8 nitrogen and oxygen atoms in total.